The number of amides is 2. The number of imidazole rings is 1. The van der Waals surface area contributed by atoms with Gasteiger partial charge in [0.15, 0.2) is 17.1 Å². The third-order valence-electron chi connectivity index (χ3n) is 4.50. The molecule has 0 saturated carbocycles. The lowest BCUT2D eigenvalue weighted by molar-refractivity contribution is 0.0777. The lowest BCUT2D eigenvalue weighted by Gasteiger charge is -2.18. The molecule has 0 aliphatic rings. The molecule has 0 bridgehead atoms. The van der Waals surface area contributed by atoms with Gasteiger partial charge in [0.25, 0.3) is 11.8 Å². The molecule has 30 heavy (non-hydrogen) atoms. The number of aromatic nitrogens is 3. The highest BCUT2D eigenvalue weighted by atomic mass is 19.1. The van der Waals surface area contributed by atoms with Crippen LogP contribution < -0.4 is 5.73 Å². The van der Waals surface area contributed by atoms with E-state index in [9.17, 15) is 18.4 Å². The van der Waals surface area contributed by atoms with Gasteiger partial charge in [-0.2, -0.15) is 0 Å². The average Bonchev–Trinajstić information content (AvgIpc) is 3.38. The van der Waals surface area contributed by atoms with E-state index in [-0.39, 0.29) is 29.1 Å². The third kappa shape index (κ3) is 3.39. The van der Waals surface area contributed by atoms with Gasteiger partial charge in [-0.3, -0.25) is 14.0 Å². The molecule has 0 fully saturated rings. The zero-order valence-corrected chi connectivity index (χ0v) is 15.7. The molecular weight excluding hydrogens is 396 g/mol. The topological polar surface area (TPSA) is 107 Å². The Labute approximate surface area is 168 Å². The Kier molecular flexibility index (Phi) is 4.74. The number of nitrogens with two attached hydrogens (primary N) is 1. The zero-order valence-electron chi connectivity index (χ0n) is 15.7. The summed E-state index contributed by atoms with van der Waals surface area (Å²) < 4.78 is 34.0. The van der Waals surface area contributed by atoms with E-state index >= 15 is 0 Å². The summed E-state index contributed by atoms with van der Waals surface area (Å²) in [6, 6.07) is 7.93. The SMILES string of the molecule is CN(Cc1ccc(F)cc1F)C(=O)c1cc(-c2ccco2)n2cnc(C(N)=O)c2n1. The molecule has 2 N–H and O–H groups in total. The third-order valence-corrected chi connectivity index (χ3v) is 4.50. The summed E-state index contributed by atoms with van der Waals surface area (Å²) in [5.74, 6) is -2.41. The molecule has 3 aromatic heterocycles. The van der Waals surface area contributed by atoms with Gasteiger partial charge in [-0.15, -0.1) is 0 Å². The molecule has 0 unspecified atom stereocenters. The van der Waals surface area contributed by atoms with Crippen molar-refractivity contribution in [3.8, 4) is 11.5 Å². The normalized spacial score (nSPS) is 11.0. The Balaban J connectivity index is 1.76. The van der Waals surface area contributed by atoms with Crippen LogP contribution in [-0.4, -0.2) is 38.1 Å². The van der Waals surface area contributed by atoms with Crippen LogP contribution in [0.25, 0.3) is 17.1 Å². The molecular formula is C20H15F2N5O3. The van der Waals surface area contributed by atoms with Gasteiger partial charge < -0.3 is 15.1 Å². The van der Waals surface area contributed by atoms with Gasteiger partial charge in [0.05, 0.1) is 12.0 Å². The van der Waals surface area contributed by atoms with E-state index in [1.54, 1.807) is 12.1 Å². The van der Waals surface area contributed by atoms with E-state index in [1.165, 1.54) is 41.1 Å². The maximum Gasteiger partial charge on any atom is 0.272 e. The Hall–Kier alpha value is -4.08. The molecule has 0 aliphatic heterocycles. The first-order chi connectivity index (χ1) is 14.3. The number of carbonyl (C=O) groups excluding carboxylic acids is 2. The summed E-state index contributed by atoms with van der Waals surface area (Å²) in [5.41, 5.74) is 5.88. The second kappa shape index (κ2) is 7.39. The highest BCUT2D eigenvalue weighted by molar-refractivity contribution is 5.99. The maximum atomic E-state index is 14.0. The van der Waals surface area contributed by atoms with Crippen molar-refractivity contribution in [1.29, 1.82) is 0 Å². The Bertz CT molecular complexity index is 1270. The van der Waals surface area contributed by atoms with E-state index in [0.29, 0.717) is 11.5 Å². The summed E-state index contributed by atoms with van der Waals surface area (Å²) in [6.45, 7) is -0.115. The quantitative estimate of drug-likeness (QED) is 0.543. The molecule has 8 nitrogen and oxygen atoms in total. The van der Waals surface area contributed by atoms with E-state index in [4.69, 9.17) is 10.2 Å². The van der Waals surface area contributed by atoms with E-state index in [2.05, 4.69) is 9.97 Å². The van der Waals surface area contributed by atoms with Gasteiger partial charge in [-0.05, 0) is 24.3 Å². The van der Waals surface area contributed by atoms with Crippen molar-refractivity contribution in [2.24, 2.45) is 5.73 Å². The van der Waals surface area contributed by atoms with Crippen molar-refractivity contribution in [2.45, 2.75) is 6.54 Å². The van der Waals surface area contributed by atoms with Gasteiger partial charge in [-0.25, -0.2) is 18.7 Å². The fourth-order valence-corrected chi connectivity index (χ4v) is 3.04. The highest BCUT2D eigenvalue weighted by Gasteiger charge is 2.22. The highest BCUT2D eigenvalue weighted by Crippen LogP contribution is 2.24. The molecule has 0 spiro atoms. The molecule has 4 rings (SSSR count). The van der Waals surface area contributed by atoms with Crippen LogP contribution in [-0.2, 0) is 6.54 Å². The second-order valence-corrected chi connectivity index (χ2v) is 6.55. The van der Waals surface area contributed by atoms with Gasteiger partial charge in [0.2, 0.25) is 0 Å². The van der Waals surface area contributed by atoms with Crippen molar-refractivity contribution < 1.29 is 22.8 Å². The molecule has 1 aromatic carbocycles. The molecule has 0 saturated heterocycles. The smallest absolute Gasteiger partial charge is 0.272 e. The number of primary amides is 1. The van der Waals surface area contributed by atoms with E-state index < -0.39 is 23.4 Å². The minimum absolute atomic E-state index is 0.0260. The van der Waals surface area contributed by atoms with Crippen LogP contribution in [0.1, 0.15) is 26.5 Å². The van der Waals surface area contributed by atoms with Crippen molar-refractivity contribution in [3.63, 3.8) is 0 Å². The number of hydrogen-bond acceptors (Lipinski definition) is 5. The molecule has 10 heteroatoms. The molecule has 152 valence electrons. The molecule has 0 atom stereocenters. The van der Waals surface area contributed by atoms with Crippen LogP contribution in [0, 0.1) is 11.6 Å². The van der Waals surface area contributed by atoms with Gasteiger partial charge in [-0.1, -0.05) is 6.07 Å². The lowest BCUT2D eigenvalue weighted by atomic mass is 10.2. The molecule has 0 aliphatic carbocycles. The van der Waals surface area contributed by atoms with Gasteiger partial charge in [0, 0.05) is 25.2 Å². The van der Waals surface area contributed by atoms with E-state index in [0.717, 1.165) is 12.1 Å². The molecule has 0 radical (unpaired) electrons. The Morgan fingerprint density at radius 3 is 2.70 bits per heavy atom. The van der Waals surface area contributed by atoms with Crippen molar-refractivity contribution in [2.75, 3.05) is 7.05 Å². The largest absolute Gasteiger partial charge is 0.463 e. The minimum atomic E-state index is -0.804. The summed E-state index contributed by atoms with van der Waals surface area (Å²) >= 11 is 0. The van der Waals surface area contributed by atoms with Crippen LogP contribution >= 0.6 is 0 Å². The summed E-state index contributed by atoms with van der Waals surface area (Å²) in [6.07, 6.45) is 2.81. The second-order valence-electron chi connectivity index (χ2n) is 6.55. The monoisotopic (exact) mass is 411 g/mol. The first-order valence-electron chi connectivity index (χ1n) is 8.76. The Morgan fingerprint density at radius 2 is 2.03 bits per heavy atom. The molecule has 3 heterocycles. The number of furan rings is 1. The van der Waals surface area contributed by atoms with Crippen LogP contribution in [0.15, 0.2) is 53.4 Å². The number of fused-ring (bicyclic) bond motifs is 1. The number of halogens is 2. The predicted octanol–water partition coefficient (Wildman–Crippen LogP) is 2.64. The standard InChI is InChI=1S/C20H15F2N5O3/c1-26(9-11-4-5-12(21)7-13(11)22)20(29)14-8-15(16-3-2-6-30-16)27-10-24-17(18(23)28)19(27)25-14/h2-8,10H,9H2,1H3,(H2,23,28). The van der Waals surface area contributed by atoms with Crippen LogP contribution in [0.2, 0.25) is 0 Å². The van der Waals surface area contributed by atoms with Crippen LogP contribution in [0.4, 0.5) is 8.78 Å². The maximum absolute atomic E-state index is 14.0. The number of carbonyl (C=O) groups is 2. The molecule has 4 aromatic rings. The fraction of sp³-hybridized carbons (Fsp3) is 0.100. The predicted molar refractivity (Wildman–Crippen MR) is 101 cm³/mol. The van der Waals surface area contributed by atoms with Gasteiger partial charge in [0.1, 0.15) is 23.7 Å². The average molecular weight is 411 g/mol. The number of hydrogen-bond donors (Lipinski definition) is 1. The number of nitrogens with zero attached hydrogens (tertiary/aromatic N) is 4. The molecule has 2 amide bonds. The van der Waals surface area contributed by atoms with Gasteiger partial charge >= 0.3 is 0 Å². The van der Waals surface area contributed by atoms with Crippen molar-refractivity contribution in [3.05, 3.63) is 77.6 Å². The Morgan fingerprint density at radius 1 is 1.23 bits per heavy atom. The zero-order chi connectivity index (χ0) is 21.4. The minimum Gasteiger partial charge on any atom is -0.463 e. The fourth-order valence-electron chi connectivity index (χ4n) is 3.04. The van der Waals surface area contributed by atoms with Crippen molar-refractivity contribution in [1.82, 2.24) is 19.3 Å². The summed E-state index contributed by atoms with van der Waals surface area (Å²) in [4.78, 5) is 34.1. The van der Waals surface area contributed by atoms with Crippen LogP contribution in [0.3, 0.4) is 0 Å². The summed E-state index contributed by atoms with van der Waals surface area (Å²) in [7, 11) is 1.45. The van der Waals surface area contributed by atoms with Crippen molar-refractivity contribution >= 4 is 17.5 Å². The first-order valence-corrected chi connectivity index (χ1v) is 8.76. The number of benzene rings is 1. The first kappa shape index (κ1) is 19.2. The summed E-state index contributed by atoms with van der Waals surface area (Å²) in [5, 5.41) is 0. The number of rotatable bonds is 5. The lowest BCUT2D eigenvalue weighted by Crippen LogP contribution is -2.28. The van der Waals surface area contributed by atoms with E-state index in [1.807, 2.05) is 0 Å². The van der Waals surface area contributed by atoms with Crippen LogP contribution in [0.5, 0.6) is 0 Å².